The van der Waals surface area contributed by atoms with E-state index in [0.29, 0.717) is 17.6 Å². The molecule has 4 aliphatic carbocycles. The molecule has 5 rings (SSSR count). The van der Waals surface area contributed by atoms with Crippen molar-refractivity contribution in [2.24, 2.45) is 29.4 Å². The normalized spacial score (nSPS) is 32.9. The summed E-state index contributed by atoms with van der Waals surface area (Å²) in [5, 5.41) is 8.85. The van der Waals surface area contributed by atoms with Crippen LogP contribution in [0.25, 0.3) is 0 Å². The minimum atomic E-state index is -1.04. The largest absolute Gasteiger partial charge is 0.514 e. The summed E-state index contributed by atoms with van der Waals surface area (Å²) in [6, 6.07) is 5.77. The first-order valence-electron chi connectivity index (χ1n) is 9.43. The van der Waals surface area contributed by atoms with Crippen LogP contribution >= 0.6 is 0 Å². The highest BCUT2D eigenvalue weighted by Gasteiger charge is 2.50. The summed E-state index contributed by atoms with van der Waals surface area (Å²) in [6.07, 6.45) is 5.69. The van der Waals surface area contributed by atoms with Crippen LogP contribution in [0.3, 0.4) is 0 Å². The molecule has 0 aliphatic heterocycles. The summed E-state index contributed by atoms with van der Waals surface area (Å²) in [4.78, 5) is 23.0. The van der Waals surface area contributed by atoms with Gasteiger partial charge < -0.3 is 20.3 Å². The summed E-state index contributed by atoms with van der Waals surface area (Å²) in [5.41, 5.74) is 6.30. The van der Waals surface area contributed by atoms with Crippen molar-refractivity contribution in [1.29, 1.82) is 0 Å². The van der Waals surface area contributed by atoms with Crippen LogP contribution in [-0.4, -0.2) is 29.4 Å². The van der Waals surface area contributed by atoms with Crippen LogP contribution in [0.4, 0.5) is 4.79 Å². The van der Waals surface area contributed by atoms with Gasteiger partial charge in [-0.3, -0.25) is 4.79 Å². The van der Waals surface area contributed by atoms with Gasteiger partial charge in [0, 0.05) is 0 Å². The van der Waals surface area contributed by atoms with Gasteiger partial charge in [0.25, 0.3) is 0 Å². The van der Waals surface area contributed by atoms with E-state index in [-0.39, 0.29) is 12.5 Å². The molecule has 1 aromatic rings. The van der Waals surface area contributed by atoms with Crippen LogP contribution in [0, 0.1) is 23.7 Å². The number of rotatable bonds is 5. The van der Waals surface area contributed by atoms with E-state index in [2.05, 4.69) is 0 Å². The summed E-state index contributed by atoms with van der Waals surface area (Å²) in [6.45, 7) is 0. The van der Waals surface area contributed by atoms with Crippen molar-refractivity contribution in [1.82, 2.24) is 0 Å². The van der Waals surface area contributed by atoms with Crippen LogP contribution in [-0.2, 0) is 16.0 Å². The Morgan fingerprint density at radius 1 is 1.04 bits per heavy atom. The molecule has 1 aromatic carbocycles. The number of benzene rings is 1. The average molecular weight is 359 g/mol. The number of carbonyl (C=O) groups excluding carboxylic acids is 1. The minimum Gasteiger partial charge on any atom is -0.480 e. The second-order valence-corrected chi connectivity index (χ2v) is 8.16. The Labute approximate surface area is 152 Å². The molecule has 6 heteroatoms. The van der Waals surface area contributed by atoms with Crippen LogP contribution in [0.15, 0.2) is 24.3 Å². The maximum Gasteiger partial charge on any atom is 0.514 e. The third-order valence-corrected chi connectivity index (χ3v) is 6.27. The van der Waals surface area contributed by atoms with Crippen LogP contribution in [0.2, 0.25) is 0 Å². The Kier molecular flexibility index (Phi) is 4.61. The number of carbonyl (C=O) groups is 2. The molecule has 4 aliphatic rings. The van der Waals surface area contributed by atoms with Crippen LogP contribution < -0.4 is 10.5 Å². The molecule has 0 amide bonds. The van der Waals surface area contributed by atoms with E-state index < -0.39 is 18.2 Å². The Bertz CT molecular complexity index is 658. The lowest BCUT2D eigenvalue weighted by Gasteiger charge is -2.53. The first-order valence-corrected chi connectivity index (χ1v) is 9.43. The second-order valence-electron chi connectivity index (χ2n) is 8.16. The fraction of sp³-hybridized carbons (Fsp3) is 0.600. The van der Waals surface area contributed by atoms with Crippen LogP contribution in [0.1, 0.15) is 37.7 Å². The fourth-order valence-electron chi connectivity index (χ4n) is 5.33. The molecule has 0 radical (unpaired) electrons. The van der Waals surface area contributed by atoms with E-state index in [1.54, 1.807) is 24.3 Å². The van der Waals surface area contributed by atoms with Gasteiger partial charge in [-0.15, -0.1) is 0 Å². The molecule has 4 fully saturated rings. The summed E-state index contributed by atoms with van der Waals surface area (Å²) < 4.78 is 11.0. The molecule has 0 saturated heterocycles. The van der Waals surface area contributed by atoms with Crippen molar-refractivity contribution >= 4 is 12.1 Å². The highest BCUT2D eigenvalue weighted by molar-refractivity contribution is 5.73. The molecule has 0 aromatic heterocycles. The lowest BCUT2D eigenvalue weighted by molar-refractivity contribution is -0.138. The van der Waals surface area contributed by atoms with Gasteiger partial charge >= 0.3 is 12.1 Å². The molecule has 1 atom stereocenters. The zero-order chi connectivity index (χ0) is 18.3. The van der Waals surface area contributed by atoms with Gasteiger partial charge in [0.2, 0.25) is 0 Å². The van der Waals surface area contributed by atoms with Gasteiger partial charge in [-0.05, 0) is 79.9 Å². The maximum atomic E-state index is 12.2. The van der Waals surface area contributed by atoms with E-state index in [1.807, 2.05) is 0 Å². The van der Waals surface area contributed by atoms with E-state index in [0.717, 1.165) is 17.4 Å². The van der Waals surface area contributed by atoms with Gasteiger partial charge in [0.05, 0.1) is 0 Å². The van der Waals surface area contributed by atoms with E-state index in [4.69, 9.17) is 20.3 Å². The number of carboxylic acid groups (broad SMARTS) is 1. The van der Waals surface area contributed by atoms with E-state index >= 15 is 0 Å². The highest BCUT2D eigenvalue weighted by atomic mass is 16.7. The van der Waals surface area contributed by atoms with Crippen LogP contribution in [0.5, 0.6) is 5.75 Å². The van der Waals surface area contributed by atoms with Crippen molar-refractivity contribution in [2.75, 3.05) is 0 Å². The van der Waals surface area contributed by atoms with Gasteiger partial charge in [-0.2, -0.15) is 0 Å². The topological polar surface area (TPSA) is 98.9 Å². The first kappa shape index (κ1) is 17.3. The summed E-state index contributed by atoms with van der Waals surface area (Å²) >= 11 is 0. The number of hydrogen-bond donors (Lipinski definition) is 2. The minimum absolute atomic E-state index is 0.00291. The van der Waals surface area contributed by atoms with Gasteiger partial charge in [-0.1, -0.05) is 12.1 Å². The Morgan fingerprint density at radius 3 is 2.15 bits per heavy atom. The second kappa shape index (κ2) is 6.91. The molecule has 26 heavy (non-hydrogen) atoms. The number of carboxylic acids is 1. The number of aliphatic carboxylic acids is 1. The zero-order valence-corrected chi connectivity index (χ0v) is 14.7. The Hall–Kier alpha value is -2.08. The molecule has 0 unspecified atom stereocenters. The van der Waals surface area contributed by atoms with E-state index in [1.165, 1.54) is 32.1 Å². The fourth-order valence-corrected chi connectivity index (χ4v) is 5.33. The third-order valence-electron chi connectivity index (χ3n) is 6.27. The van der Waals surface area contributed by atoms with Crippen molar-refractivity contribution < 1.29 is 24.2 Å². The van der Waals surface area contributed by atoms with Crippen molar-refractivity contribution in [2.45, 2.75) is 50.7 Å². The van der Waals surface area contributed by atoms with Gasteiger partial charge in [0.15, 0.2) is 0 Å². The molecule has 140 valence electrons. The third kappa shape index (κ3) is 3.56. The molecule has 6 nitrogen and oxygen atoms in total. The van der Waals surface area contributed by atoms with Crippen molar-refractivity contribution in [3.63, 3.8) is 0 Å². The predicted molar refractivity (Wildman–Crippen MR) is 93.7 cm³/mol. The van der Waals surface area contributed by atoms with Crippen molar-refractivity contribution in [3.05, 3.63) is 29.8 Å². The van der Waals surface area contributed by atoms with Gasteiger partial charge in [-0.25, -0.2) is 4.79 Å². The summed E-state index contributed by atoms with van der Waals surface area (Å²) in [5.74, 6) is 2.02. The first-order chi connectivity index (χ1) is 12.5. The lowest BCUT2D eigenvalue weighted by Crippen LogP contribution is -2.50. The zero-order valence-electron chi connectivity index (χ0n) is 14.7. The number of ether oxygens (including phenoxy) is 2. The molecular weight excluding hydrogens is 334 g/mol. The molecule has 0 spiro atoms. The molecule has 4 saturated carbocycles. The predicted octanol–water partition coefficient (Wildman–Crippen LogP) is 2.98. The quantitative estimate of drug-likeness (QED) is 0.619. The monoisotopic (exact) mass is 359 g/mol. The average Bonchev–Trinajstić information content (AvgIpc) is 2.59. The molecule has 4 bridgehead atoms. The summed E-state index contributed by atoms with van der Waals surface area (Å²) in [7, 11) is 0. The molecule has 3 N–H and O–H groups in total. The van der Waals surface area contributed by atoms with Crippen molar-refractivity contribution in [3.8, 4) is 5.75 Å². The number of hydrogen-bond acceptors (Lipinski definition) is 5. The Balaban J connectivity index is 1.31. The maximum absolute atomic E-state index is 12.2. The molecular formula is C20H25NO5. The smallest absolute Gasteiger partial charge is 0.480 e. The van der Waals surface area contributed by atoms with E-state index in [9.17, 15) is 9.59 Å². The SMILES string of the molecule is N[C@@H](Cc1ccc(OC(=O)OC2C3CC4CC(C3)CC2C4)cc1)C(=O)O. The Morgan fingerprint density at radius 2 is 1.62 bits per heavy atom. The number of nitrogens with two attached hydrogens (primary N) is 1. The highest BCUT2D eigenvalue weighted by Crippen LogP contribution is 2.54. The van der Waals surface area contributed by atoms with Gasteiger partial charge in [0.1, 0.15) is 17.9 Å². The standard InChI is InChI=1S/C20H25NO5/c21-17(19(22)23)10-11-1-3-16(4-2-11)25-20(24)26-18-14-6-12-5-13(8-14)9-15(18)7-12/h1-4,12-15,17-18H,5-10,21H2,(H,22,23)/t12?,13?,14?,15?,17-,18?/m0/s1. The molecule has 0 heterocycles. The lowest BCUT2D eigenvalue weighted by atomic mass is 9.55.